The molecular weight excluding hydrogens is 264 g/mol. The molecule has 0 spiro atoms. The maximum absolute atomic E-state index is 5.26. The van der Waals surface area contributed by atoms with Crippen LogP contribution in [0.5, 0.6) is 0 Å². The van der Waals surface area contributed by atoms with Crippen LogP contribution in [0.15, 0.2) is 12.1 Å². The number of rotatable bonds is 8. The minimum Gasteiger partial charge on any atom is -0.382 e. The standard InChI is InChI=1S/C13H22N2OS2/c1-3-11-6-7-12(18-11)10-15-13(17)14-8-5-9-16-4-2/h6-7H,3-5,8-10H2,1-2H3,(H2,14,15,17). The minimum absolute atomic E-state index is 0.720. The van der Waals surface area contributed by atoms with Crippen molar-refractivity contribution in [2.75, 3.05) is 19.8 Å². The molecule has 1 aromatic rings. The molecule has 3 nitrogen and oxygen atoms in total. The molecule has 102 valence electrons. The molecule has 0 aliphatic heterocycles. The van der Waals surface area contributed by atoms with Crippen LogP contribution in [0.2, 0.25) is 0 Å². The van der Waals surface area contributed by atoms with Gasteiger partial charge in [-0.3, -0.25) is 0 Å². The van der Waals surface area contributed by atoms with Gasteiger partial charge in [-0.25, -0.2) is 0 Å². The fourth-order valence-electron chi connectivity index (χ4n) is 1.46. The molecule has 1 heterocycles. The van der Waals surface area contributed by atoms with E-state index in [0.29, 0.717) is 0 Å². The first kappa shape index (κ1) is 15.4. The molecule has 18 heavy (non-hydrogen) atoms. The highest BCUT2D eigenvalue weighted by Crippen LogP contribution is 2.16. The molecule has 2 N–H and O–H groups in total. The maximum Gasteiger partial charge on any atom is 0.166 e. The first-order valence-corrected chi connectivity index (χ1v) is 7.65. The van der Waals surface area contributed by atoms with Crippen LogP contribution in [0.4, 0.5) is 0 Å². The summed E-state index contributed by atoms with van der Waals surface area (Å²) in [6.07, 6.45) is 2.08. The van der Waals surface area contributed by atoms with E-state index in [9.17, 15) is 0 Å². The van der Waals surface area contributed by atoms with E-state index >= 15 is 0 Å². The Labute approximate surface area is 119 Å². The van der Waals surface area contributed by atoms with Gasteiger partial charge in [-0.1, -0.05) is 6.92 Å². The number of thiocarbonyl (C=S) groups is 1. The topological polar surface area (TPSA) is 33.3 Å². The van der Waals surface area contributed by atoms with E-state index in [0.717, 1.165) is 44.3 Å². The molecule has 0 unspecified atom stereocenters. The molecule has 0 fully saturated rings. The quantitative estimate of drug-likeness (QED) is 0.569. The lowest BCUT2D eigenvalue weighted by atomic mass is 10.4. The summed E-state index contributed by atoms with van der Waals surface area (Å²) in [5.74, 6) is 0. The average Bonchev–Trinajstić information content (AvgIpc) is 2.84. The Morgan fingerprint density at radius 3 is 2.72 bits per heavy atom. The number of aryl methyl sites for hydroxylation is 1. The Morgan fingerprint density at radius 1 is 1.28 bits per heavy atom. The molecule has 0 amide bonds. The summed E-state index contributed by atoms with van der Waals surface area (Å²) >= 11 is 7.05. The van der Waals surface area contributed by atoms with Gasteiger partial charge in [0.25, 0.3) is 0 Å². The van der Waals surface area contributed by atoms with E-state index in [1.165, 1.54) is 9.75 Å². The summed E-state index contributed by atoms with van der Waals surface area (Å²) in [7, 11) is 0. The van der Waals surface area contributed by atoms with Gasteiger partial charge in [-0.05, 0) is 44.1 Å². The van der Waals surface area contributed by atoms with Crippen LogP contribution in [0.25, 0.3) is 0 Å². The Balaban J connectivity index is 2.09. The number of hydrogen-bond acceptors (Lipinski definition) is 3. The lowest BCUT2D eigenvalue weighted by Crippen LogP contribution is -2.35. The van der Waals surface area contributed by atoms with Crippen molar-refractivity contribution in [1.29, 1.82) is 0 Å². The summed E-state index contributed by atoms with van der Waals surface area (Å²) in [6, 6.07) is 4.34. The maximum atomic E-state index is 5.26. The third-order valence-electron chi connectivity index (χ3n) is 2.44. The zero-order chi connectivity index (χ0) is 13.2. The fourth-order valence-corrected chi connectivity index (χ4v) is 2.53. The van der Waals surface area contributed by atoms with Crippen molar-refractivity contribution < 1.29 is 4.74 Å². The van der Waals surface area contributed by atoms with E-state index in [2.05, 4.69) is 29.7 Å². The zero-order valence-electron chi connectivity index (χ0n) is 11.1. The predicted octanol–water partition coefficient (Wildman–Crippen LogP) is 2.70. The van der Waals surface area contributed by atoms with Crippen LogP contribution >= 0.6 is 23.6 Å². The van der Waals surface area contributed by atoms with Gasteiger partial charge in [0.1, 0.15) is 0 Å². The van der Waals surface area contributed by atoms with Gasteiger partial charge >= 0.3 is 0 Å². The van der Waals surface area contributed by atoms with Crippen molar-refractivity contribution in [3.63, 3.8) is 0 Å². The Kier molecular flexibility index (Phi) is 7.96. The van der Waals surface area contributed by atoms with E-state index in [-0.39, 0.29) is 0 Å². The highest BCUT2D eigenvalue weighted by molar-refractivity contribution is 7.80. The van der Waals surface area contributed by atoms with Crippen LogP contribution < -0.4 is 10.6 Å². The second-order valence-corrected chi connectivity index (χ2v) is 5.54. The van der Waals surface area contributed by atoms with E-state index < -0.39 is 0 Å². The summed E-state index contributed by atoms with van der Waals surface area (Å²) < 4.78 is 5.26. The monoisotopic (exact) mass is 286 g/mol. The lowest BCUT2D eigenvalue weighted by Gasteiger charge is -2.09. The number of thiophene rings is 1. The third kappa shape index (κ3) is 6.33. The number of hydrogen-bond donors (Lipinski definition) is 2. The SMILES string of the molecule is CCOCCCNC(=S)NCc1ccc(CC)s1. The average molecular weight is 286 g/mol. The lowest BCUT2D eigenvalue weighted by molar-refractivity contribution is 0.145. The predicted molar refractivity (Wildman–Crippen MR) is 82.2 cm³/mol. The first-order chi connectivity index (χ1) is 8.76. The molecule has 0 radical (unpaired) electrons. The van der Waals surface area contributed by atoms with Crippen molar-refractivity contribution in [3.8, 4) is 0 Å². The van der Waals surface area contributed by atoms with Gasteiger partial charge in [0.2, 0.25) is 0 Å². The molecular formula is C13H22N2OS2. The van der Waals surface area contributed by atoms with Crippen molar-refractivity contribution in [2.24, 2.45) is 0 Å². The molecule has 0 aromatic carbocycles. The molecule has 5 heteroatoms. The molecule has 0 aliphatic rings. The number of nitrogens with one attached hydrogen (secondary N) is 2. The van der Waals surface area contributed by atoms with E-state index in [1.807, 2.05) is 18.3 Å². The Bertz CT molecular complexity index is 353. The molecule has 0 saturated heterocycles. The van der Waals surface area contributed by atoms with Crippen molar-refractivity contribution in [3.05, 3.63) is 21.9 Å². The minimum atomic E-state index is 0.720. The Morgan fingerprint density at radius 2 is 2.06 bits per heavy atom. The molecule has 0 saturated carbocycles. The second-order valence-electron chi connectivity index (χ2n) is 3.88. The van der Waals surface area contributed by atoms with Gasteiger partial charge in [0.15, 0.2) is 5.11 Å². The molecule has 0 atom stereocenters. The van der Waals surface area contributed by atoms with Crippen LogP contribution in [0.3, 0.4) is 0 Å². The fraction of sp³-hybridized carbons (Fsp3) is 0.615. The van der Waals surface area contributed by atoms with Crippen LogP contribution in [-0.2, 0) is 17.7 Å². The Hall–Kier alpha value is -0.650. The highest BCUT2D eigenvalue weighted by Gasteiger charge is 1.99. The molecule has 1 rings (SSSR count). The highest BCUT2D eigenvalue weighted by atomic mass is 32.1. The largest absolute Gasteiger partial charge is 0.382 e. The van der Waals surface area contributed by atoms with Gasteiger partial charge in [0, 0.05) is 29.5 Å². The van der Waals surface area contributed by atoms with Gasteiger partial charge in [-0.15, -0.1) is 11.3 Å². The van der Waals surface area contributed by atoms with Gasteiger partial charge in [0.05, 0.1) is 6.54 Å². The summed E-state index contributed by atoms with van der Waals surface area (Å²) in [6.45, 7) is 7.41. The van der Waals surface area contributed by atoms with Crippen molar-refractivity contribution in [2.45, 2.75) is 33.2 Å². The zero-order valence-corrected chi connectivity index (χ0v) is 12.8. The van der Waals surface area contributed by atoms with E-state index in [1.54, 1.807) is 0 Å². The van der Waals surface area contributed by atoms with Crippen molar-refractivity contribution >= 4 is 28.7 Å². The molecule has 1 aromatic heterocycles. The first-order valence-electron chi connectivity index (χ1n) is 6.43. The third-order valence-corrected chi connectivity index (χ3v) is 3.96. The van der Waals surface area contributed by atoms with Crippen LogP contribution in [-0.4, -0.2) is 24.9 Å². The van der Waals surface area contributed by atoms with E-state index in [4.69, 9.17) is 17.0 Å². The summed E-state index contributed by atoms with van der Waals surface area (Å²) in [5, 5.41) is 7.12. The smallest absolute Gasteiger partial charge is 0.166 e. The summed E-state index contributed by atoms with van der Waals surface area (Å²) in [4.78, 5) is 2.74. The van der Waals surface area contributed by atoms with Crippen molar-refractivity contribution in [1.82, 2.24) is 10.6 Å². The summed E-state index contributed by atoms with van der Waals surface area (Å²) in [5.41, 5.74) is 0. The van der Waals surface area contributed by atoms with Gasteiger partial charge < -0.3 is 15.4 Å². The number of ether oxygens (including phenoxy) is 1. The second kappa shape index (κ2) is 9.30. The van der Waals surface area contributed by atoms with Crippen LogP contribution in [0.1, 0.15) is 30.0 Å². The van der Waals surface area contributed by atoms with Crippen LogP contribution in [0, 0.1) is 0 Å². The molecule has 0 bridgehead atoms. The normalized spacial score (nSPS) is 10.3. The molecule has 0 aliphatic carbocycles. The van der Waals surface area contributed by atoms with Gasteiger partial charge in [-0.2, -0.15) is 0 Å².